The summed E-state index contributed by atoms with van der Waals surface area (Å²) in [5.74, 6) is 1.57. The first-order valence-electron chi connectivity index (χ1n) is 4.13. The van der Waals surface area contributed by atoms with E-state index in [-0.39, 0.29) is 11.6 Å². The molecule has 0 saturated carbocycles. The molecular weight excluding hydrogens is 266 g/mol. The van der Waals surface area contributed by atoms with E-state index in [4.69, 9.17) is 0 Å². The summed E-state index contributed by atoms with van der Waals surface area (Å²) in [6.45, 7) is 2.05. The summed E-state index contributed by atoms with van der Waals surface area (Å²) in [5.41, 5.74) is -0.168. The lowest BCUT2D eigenvalue weighted by atomic mass is 10.4. The molecule has 0 saturated heterocycles. The molecule has 4 nitrogen and oxygen atoms in total. The zero-order valence-corrected chi connectivity index (χ0v) is 10.4. The summed E-state index contributed by atoms with van der Waals surface area (Å²) in [6.07, 6.45) is 3.43. The highest BCUT2D eigenvalue weighted by Crippen LogP contribution is 2.14. The molecule has 1 atom stereocenters. The van der Waals surface area contributed by atoms with Crippen molar-refractivity contribution in [3.8, 4) is 0 Å². The van der Waals surface area contributed by atoms with Crippen molar-refractivity contribution >= 4 is 33.5 Å². The van der Waals surface area contributed by atoms with Gasteiger partial charge in [-0.15, -0.1) is 0 Å². The van der Waals surface area contributed by atoms with Gasteiger partial charge in [-0.25, -0.2) is 4.98 Å². The van der Waals surface area contributed by atoms with Gasteiger partial charge >= 0.3 is 0 Å². The Bertz CT molecular complexity index is 355. The van der Waals surface area contributed by atoms with Crippen LogP contribution in [-0.2, 0) is 0 Å². The SMILES string of the molecule is CSCC(C)Nc1nc[nH]c(=O)c1Br. The number of nitrogens with zero attached hydrogens (tertiary/aromatic N) is 1. The number of rotatable bonds is 4. The molecule has 0 aliphatic heterocycles. The van der Waals surface area contributed by atoms with Gasteiger partial charge in [-0.3, -0.25) is 4.79 Å². The Morgan fingerprint density at radius 2 is 2.50 bits per heavy atom. The predicted molar refractivity (Wildman–Crippen MR) is 64.0 cm³/mol. The van der Waals surface area contributed by atoms with Crippen LogP contribution >= 0.6 is 27.7 Å². The summed E-state index contributed by atoms with van der Waals surface area (Å²) in [5, 5.41) is 3.15. The van der Waals surface area contributed by atoms with E-state index < -0.39 is 0 Å². The number of hydrogen-bond donors (Lipinski definition) is 2. The Morgan fingerprint density at radius 1 is 1.79 bits per heavy atom. The van der Waals surface area contributed by atoms with Crippen LogP contribution in [0.3, 0.4) is 0 Å². The smallest absolute Gasteiger partial charge is 0.267 e. The second-order valence-electron chi connectivity index (χ2n) is 2.89. The molecule has 6 heteroatoms. The summed E-state index contributed by atoms with van der Waals surface area (Å²) in [6, 6.07) is 0.288. The minimum atomic E-state index is -0.168. The number of aromatic amines is 1. The quantitative estimate of drug-likeness (QED) is 0.880. The number of nitrogens with one attached hydrogen (secondary N) is 2. The molecule has 1 heterocycles. The molecule has 0 aliphatic carbocycles. The standard InChI is InChI=1S/C8H12BrN3OS/c1-5(3-14-2)12-7-6(9)8(13)11-4-10-7/h4-5H,3H2,1-2H3,(H2,10,11,12,13). The minimum Gasteiger partial charge on any atom is -0.366 e. The average Bonchev–Trinajstić information content (AvgIpc) is 2.13. The maximum absolute atomic E-state index is 11.2. The highest BCUT2D eigenvalue weighted by Gasteiger charge is 2.07. The van der Waals surface area contributed by atoms with Crippen LogP contribution in [0.2, 0.25) is 0 Å². The van der Waals surface area contributed by atoms with Gasteiger partial charge in [-0.2, -0.15) is 11.8 Å². The number of aromatic nitrogens is 2. The van der Waals surface area contributed by atoms with Gasteiger partial charge in [0.25, 0.3) is 5.56 Å². The van der Waals surface area contributed by atoms with Gasteiger partial charge in [0.05, 0.1) is 6.33 Å². The third-order valence-corrected chi connectivity index (χ3v) is 3.17. The monoisotopic (exact) mass is 277 g/mol. The van der Waals surface area contributed by atoms with Gasteiger partial charge in [0.2, 0.25) is 0 Å². The first-order chi connectivity index (χ1) is 6.65. The molecule has 0 bridgehead atoms. The maximum Gasteiger partial charge on any atom is 0.267 e. The fourth-order valence-corrected chi connectivity index (χ4v) is 1.92. The Balaban J connectivity index is 2.76. The molecule has 0 fully saturated rings. The summed E-state index contributed by atoms with van der Waals surface area (Å²) in [7, 11) is 0. The Hall–Kier alpha value is -0.490. The van der Waals surface area contributed by atoms with Crippen molar-refractivity contribution < 1.29 is 0 Å². The van der Waals surface area contributed by atoms with E-state index >= 15 is 0 Å². The topological polar surface area (TPSA) is 57.8 Å². The molecule has 1 unspecified atom stereocenters. The first kappa shape index (κ1) is 11.6. The molecule has 2 N–H and O–H groups in total. The largest absolute Gasteiger partial charge is 0.366 e. The van der Waals surface area contributed by atoms with E-state index in [1.54, 1.807) is 11.8 Å². The lowest BCUT2D eigenvalue weighted by molar-refractivity contribution is 0.894. The molecule has 1 aromatic rings. The number of thioether (sulfide) groups is 1. The van der Waals surface area contributed by atoms with Gasteiger partial charge in [0.1, 0.15) is 10.3 Å². The molecule has 0 aromatic carbocycles. The second kappa shape index (κ2) is 5.41. The van der Waals surface area contributed by atoms with Crippen LogP contribution in [0.25, 0.3) is 0 Å². The normalized spacial score (nSPS) is 12.5. The molecule has 1 rings (SSSR count). The Labute approximate surface area is 95.0 Å². The number of hydrogen-bond acceptors (Lipinski definition) is 4. The third-order valence-electron chi connectivity index (χ3n) is 1.60. The van der Waals surface area contributed by atoms with E-state index in [0.717, 1.165) is 5.75 Å². The molecule has 0 aliphatic rings. The maximum atomic E-state index is 11.2. The summed E-state index contributed by atoms with van der Waals surface area (Å²) < 4.78 is 0.452. The molecule has 0 radical (unpaired) electrons. The zero-order chi connectivity index (χ0) is 10.6. The highest BCUT2D eigenvalue weighted by atomic mass is 79.9. The molecule has 0 amide bonds. The van der Waals surface area contributed by atoms with Crippen molar-refractivity contribution in [1.82, 2.24) is 9.97 Å². The molecular formula is C8H12BrN3OS. The van der Waals surface area contributed by atoms with Crippen molar-refractivity contribution in [2.24, 2.45) is 0 Å². The predicted octanol–water partition coefficient (Wildman–Crippen LogP) is 1.70. The van der Waals surface area contributed by atoms with Gasteiger partial charge in [0.15, 0.2) is 0 Å². The number of H-pyrrole nitrogens is 1. The van der Waals surface area contributed by atoms with Crippen LogP contribution in [-0.4, -0.2) is 28.0 Å². The number of anilines is 1. The lowest BCUT2D eigenvalue weighted by Gasteiger charge is -2.13. The van der Waals surface area contributed by atoms with Gasteiger partial charge in [0, 0.05) is 11.8 Å². The van der Waals surface area contributed by atoms with E-state index in [9.17, 15) is 4.79 Å². The van der Waals surface area contributed by atoms with Crippen molar-refractivity contribution in [3.63, 3.8) is 0 Å². The summed E-state index contributed by atoms with van der Waals surface area (Å²) >= 11 is 4.93. The van der Waals surface area contributed by atoms with Crippen molar-refractivity contribution in [1.29, 1.82) is 0 Å². The fraction of sp³-hybridized carbons (Fsp3) is 0.500. The van der Waals surface area contributed by atoms with Crippen LogP contribution < -0.4 is 10.9 Å². The van der Waals surface area contributed by atoms with Crippen LogP contribution in [0.5, 0.6) is 0 Å². The van der Waals surface area contributed by atoms with E-state index in [1.807, 2.05) is 13.2 Å². The molecule has 0 spiro atoms. The van der Waals surface area contributed by atoms with Gasteiger partial charge in [-0.1, -0.05) is 0 Å². The van der Waals surface area contributed by atoms with Crippen molar-refractivity contribution in [2.45, 2.75) is 13.0 Å². The van der Waals surface area contributed by atoms with Crippen LogP contribution in [0.4, 0.5) is 5.82 Å². The lowest BCUT2D eigenvalue weighted by Crippen LogP contribution is -2.21. The molecule has 14 heavy (non-hydrogen) atoms. The summed E-state index contributed by atoms with van der Waals surface area (Å²) in [4.78, 5) is 17.7. The number of halogens is 1. The van der Waals surface area contributed by atoms with Crippen molar-refractivity contribution in [3.05, 3.63) is 21.2 Å². The molecule has 78 valence electrons. The fourth-order valence-electron chi connectivity index (χ4n) is 1.01. The van der Waals surface area contributed by atoms with Gasteiger partial charge < -0.3 is 10.3 Å². The van der Waals surface area contributed by atoms with Gasteiger partial charge in [-0.05, 0) is 29.1 Å². The zero-order valence-electron chi connectivity index (χ0n) is 8.00. The third kappa shape index (κ3) is 3.02. The van der Waals surface area contributed by atoms with Crippen LogP contribution in [0, 0.1) is 0 Å². The van der Waals surface area contributed by atoms with Crippen LogP contribution in [0.1, 0.15) is 6.92 Å². The highest BCUT2D eigenvalue weighted by molar-refractivity contribution is 9.10. The van der Waals surface area contributed by atoms with Crippen molar-refractivity contribution in [2.75, 3.05) is 17.3 Å². The molecule has 1 aromatic heterocycles. The minimum absolute atomic E-state index is 0.168. The van der Waals surface area contributed by atoms with E-state index in [0.29, 0.717) is 10.3 Å². The first-order valence-corrected chi connectivity index (χ1v) is 6.32. The Kier molecular flexibility index (Phi) is 4.47. The average molecular weight is 278 g/mol. The van der Waals surface area contributed by atoms with E-state index in [1.165, 1.54) is 6.33 Å². The second-order valence-corrected chi connectivity index (χ2v) is 4.60. The van der Waals surface area contributed by atoms with E-state index in [2.05, 4.69) is 31.2 Å². The van der Waals surface area contributed by atoms with Crippen LogP contribution in [0.15, 0.2) is 15.6 Å². The Morgan fingerprint density at radius 3 is 3.14 bits per heavy atom.